The van der Waals surface area contributed by atoms with Crippen molar-refractivity contribution in [1.29, 1.82) is 0 Å². The van der Waals surface area contributed by atoms with Crippen molar-refractivity contribution in [1.82, 2.24) is 5.32 Å². The number of hydrogen-bond acceptors (Lipinski definition) is 5. The first-order chi connectivity index (χ1) is 28.0. The number of allylic oxidation sites excluding steroid dienone is 10. The van der Waals surface area contributed by atoms with Crippen molar-refractivity contribution in [3.05, 3.63) is 60.8 Å². The van der Waals surface area contributed by atoms with Crippen LogP contribution in [0.25, 0.3) is 0 Å². The Morgan fingerprint density at radius 1 is 0.526 bits per heavy atom. The Bertz CT molecular complexity index is 1030. The van der Waals surface area contributed by atoms with Gasteiger partial charge in [0, 0.05) is 6.42 Å². The highest BCUT2D eigenvalue weighted by atomic mass is 16.5. The van der Waals surface area contributed by atoms with Crippen LogP contribution in [0, 0.1) is 0 Å². The summed E-state index contributed by atoms with van der Waals surface area (Å²) < 4.78 is 5.89. The van der Waals surface area contributed by atoms with Gasteiger partial charge in [-0.15, -0.1) is 0 Å². The summed E-state index contributed by atoms with van der Waals surface area (Å²) in [6.45, 7) is 6.31. The van der Waals surface area contributed by atoms with Crippen LogP contribution >= 0.6 is 0 Å². The summed E-state index contributed by atoms with van der Waals surface area (Å²) in [4.78, 5) is 26.0. The second-order valence-electron chi connectivity index (χ2n) is 16.2. The van der Waals surface area contributed by atoms with Crippen molar-refractivity contribution in [3.8, 4) is 0 Å². The molecule has 6 nitrogen and oxygen atoms in total. The van der Waals surface area contributed by atoms with Gasteiger partial charge in [-0.25, -0.2) is 0 Å². The van der Waals surface area contributed by atoms with Crippen LogP contribution in [0.5, 0.6) is 0 Å². The predicted octanol–water partition coefficient (Wildman–Crippen LogP) is 14.1. The van der Waals surface area contributed by atoms with Crippen LogP contribution in [-0.4, -0.2) is 46.9 Å². The molecule has 3 atom stereocenters. The minimum absolute atomic E-state index is 0.0497. The number of aliphatic hydroxyl groups is 2. The standard InChI is InChI=1S/C51H91NO5/c1-4-7-10-13-16-19-22-24-26-28-30-33-36-39-42-47(57-51(56)44-41-38-35-32-29-25-23-20-17-14-11-8-5-2)45-50(55)52-48(46-53)49(54)43-40-37-34-31-27-21-18-15-12-9-6-3/h8,11,14,17,20,23,25-26,28-29,47-49,53-54H,4-7,9-10,12-13,15-16,18-19,21-22,24,27,30-46H2,1-3H3,(H,52,55)/b11-8+,17-14+,23-20-,28-26+,29-25-. The van der Waals surface area contributed by atoms with Gasteiger partial charge < -0.3 is 20.3 Å². The fourth-order valence-electron chi connectivity index (χ4n) is 7.02. The Hall–Kier alpha value is -2.44. The zero-order valence-electron chi connectivity index (χ0n) is 37.5. The van der Waals surface area contributed by atoms with Crippen molar-refractivity contribution in [3.63, 3.8) is 0 Å². The zero-order chi connectivity index (χ0) is 41.7. The SMILES string of the molecule is CC/C=C/C=C/C=C\C=C/CCCCCC(=O)OC(CCCCC/C=C/CCCCCCCCC)CC(=O)NC(CO)C(O)CCCCCCCCCCCCC. The van der Waals surface area contributed by atoms with Crippen LogP contribution < -0.4 is 5.32 Å². The molecule has 0 radical (unpaired) electrons. The number of hydrogen-bond donors (Lipinski definition) is 3. The van der Waals surface area contributed by atoms with Gasteiger partial charge in [0.1, 0.15) is 6.10 Å². The molecule has 0 saturated heterocycles. The topological polar surface area (TPSA) is 95.9 Å². The molecule has 0 rings (SSSR count). The van der Waals surface area contributed by atoms with Gasteiger partial charge in [0.15, 0.2) is 0 Å². The Balaban J connectivity index is 4.69. The maximum Gasteiger partial charge on any atom is 0.306 e. The highest BCUT2D eigenvalue weighted by Crippen LogP contribution is 2.17. The van der Waals surface area contributed by atoms with Crippen LogP contribution in [0.3, 0.4) is 0 Å². The third kappa shape index (κ3) is 40.1. The molecule has 0 aromatic carbocycles. The molecule has 0 aromatic rings. The molecule has 0 aromatic heterocycles. The van der Waals surface area contributed by atoms with Gasteiger partial charge in [-0.1, -0.05) is 204 Å². The molecule has 6 heteroatoms. The number of ether oxygens (including phenoxy) is 1. The Kier molecular flexibility index (Phi) is 42.7. The van der Waals surface area contributed by atoms with Gasteiger partial charge in [-0.2, -0.15) is 0 Å². The number of esters is 1. The lowest BCUT2D eigenvalue weighted by Crippen LogP contribution is -2.46. The van der Waals surface area contributed by atoms with E-state index in [1.807, 2.05) is 30.4 Å². The fraction of sp³-hybridized carbons (Fsp3) is 0.765. The van der Waals surface area contributed by atoms with Gasteiger partial charge in [-0.3, -0.25) is 9.59 Å². The summed E-state index contributed by atoms with van der Waals surface area (Å²) in [6, 6.07) is -0.714. The third-order valence-corrected chi connectivity index (χ3v) is 10.7. The van der Waals surface area contributed by atoms with Crippen molar-refractivity contribution in [2.45, 2.75) is 244 Å². The van der Waals surface area contributed by atoms with E-state index in [2.05, 4.69) is 56.5 Å². The van der Waals surface area contributed by atoms with Crippen LogP contribution in [0.15, 0.2) is 60.8 Å². The number of unbranched alkanes of at least 4 members (excludes halogenated alkanes) is 23. The molecule has 0 bridgehead atoms. The van der Waals surface area contributed by atoms with E-state index in [1.165, 1.54) is 96.3 Å². The van der Waals surface area contributed by atoms with E-state index in [0.717, 1.165) is 83.5 Å². The quantitative estimate of drug-likeness (QED) is 0.0247. The first-order valence-electron chi connectivity index (χ1n) is 24.1. The number of aliphatic hydroxyl groups excluding tert-OH is 2. The Morgan fingerprint density at radius 2 is 0.965 bits per heavy atom. The lowest BCUT2D eigenvalue weighted by atomic mass is 10.0. The smallest absolute Gasteiger partial charge is 0.306 e. The van der Waals surface area contributed by atoms with Crippen LogP contribution in [-0.2, 0) is 14.3 Å². The van der Waals surface area contributed by atoms with E-state index in [1.54, 1.807) is 0 Å². The number of rotatable bonds is 42. The molecule has 0 aliphatic heterocycles. The number of carbonyl (C=O) groups excluding carboxylic acids is 2. The van der Waals surface area contributed by atoms with E-state index in [9.17, 15) is 19.8 Å². The Labute approximate surface area is 352 Å². The van der Waals surface area contributed by atoms with E-state index < -0.39 is 18.2 Å². The van der Waals surface area contributed by atoms with Gasteiger partial charge >= 0.3 is 5.97 Å². The van der Waals surface area contributed by atoms with E-state index in [4.69, 9.17) is 4.74 Å². The molecule has 0 saturated carbocycles. The predicted molar refractivity (Wildman–Crippen MR) is 245 cm³/mol. The van der Waals surface area contributed by atoms with E-state index in [-0.39, 0.29) is 24.9 Å². The molecular weight excluding hydrogens is 707 g/mol. The fourth-order valence-corrected chi connectivity index (χ4v) is 7.02. The molecule has 0 aliphatic carbocycles. The molecular formula is C51H91NO5. The third-order valence-electron chi connectivity index (χ3n) is 10.7. The maximum absolute atomic E-state index is 13.2. The number of nitrogens with one attached hydrogen (secondary N) is 1. The summed E-state index contributed by atoms with van der Waals surface area (Å²) in [5, 5.41) is 23.7. The molecule has 0 heterocycles. The summed E-state index contributed by atoms with van der Waals surface area (Å²) in [7, 11) is 0. The highest BCUT2D eigenvalue weighted by Gasteiger charge is 2.24. The second kappa shape index (κ2) is 44.7. The monoisotopic (exact) mass is 798 g/mol. The Morgan fingerprint density at radius 3 is 1.51 bits per heavy atom. The van der Waals surface area contributed by atoms with E-state index in [0.29, 0.717) is 19.3 Å². The summed E-state index contributed by atoms with van der Waals surface area (Å²) in [5.41, 5.74) is 0. The number of carbonyl (C=O) groups is 2. The maximum atomic E-state index is 13.2. The molecule has 57 heavy (non-hydrogen) atoms. The van der Waals surface area contributed by atoms with Crippen molar-refractivity contribution < 1.29 is 24.5 Å². The summed E-state index contributed by atoms with van der Waals surface area (Å²) in [6.07, 6.45) is 54.2. The van der Waals surface area contributed by atoms with Crippen LogP contribution in [0.1, 0.15) is 226 Å². The molecule has 3 N–H and O–H groups in total. The molecule has 330 valence electrons. The molecule has 3 unspecified atom stereocenters. The zero-order valence-corrected chi connectivity index (χ0v) is 37.5. The van der Waals surface area contributed by atoms with Gasteiger partial charge in [0.2, 0.25) is 5.91 Å². The van der Waals surface area contributed by atoms with Crippen molar-refractivity contribution >= 4 is 11.9 Å². The second-order valence-corrected chi connectivity index (χ2v) is 16.2. The largest absolute Gasteiger partial charge is 0.462 e. The lowest BCUT2D eigenvalue weighted by molar-refractivity contribution is -0.151. The average Bonchev–Trinajstić information content (AvgIpc) is 3.20. The minimum Gasteiger partial charge on any atom is -0.462 e. The first kappa shape index (κ1) is 54.6. The molecule has 0 fully saturated rings. The molecule has 0 spiro atoms. The van der Waals surface area contributed by atoms with Crippen LogP contribution in [0.2, 0.25) is 0 Å². The highest BCUT2D eigenvalue weighted by molar-refractivity contribution is 5.77. The van der Waals surface area contributed by atoms with Gasteiger partial charge in [0.25, 0.3) is 0 Å². The normalized spacial score (nSPS) is 13.8. The molecule has 0 aliphatic rings. The first-order valence-corrected chi connectivity index (χ1v) is 24.1. The number of amides is 1. The van der Waals surface area contributed by atoms with Crippen molar-refractivity contribution in [2.75, 3.05) is 6.61 Å². The van der Waals surface area contributed by atoms with E-state index >= 15 is 0 Å². The van der Waals surface area contributed by atoms with Crippen molar-refractivity contribution in [2.24, 2.45) is 0 Å². The van der Waals surface area contributed by atoms with Gasteiger partial charge in [0.05, 0.1) is 25.2 Å². The lowest BCUT2D eigenvalue weighted by Gasteiger charge is -2.24. The molecule has 1 amide bonds. The average molecular weight is 798 g/mol. The summed E-state index contributed by atoms with van der Waals surface area (Å²) in [5.74, 6) is -0.536. The summed E-state index contributed by atoms with van der Waals surface area (Å²) >= 11 is 0. The minimum atomic E-state index is -0.798. The van der Waals surface area contributed by atoms with Crippen LogP contribution in [0.4, 0.5) is 0 Å². The van der Waals surface area contributed by atoms with Gasteiger partial charge in [-0.05, 0) is 70.6 Å².